The number of allylic oxidation sites excluding steroid dienone is 2. The first kappa shape index (κ1) is 22.8. The van der Waals surface area contributed by atoms with Crippen LogP contribution in [0.4, 0.5) is 4.39 Å². The zero-order chi connectivity index (χ0) is 23.1. The summed E-state index contributed by atoms with van der Waals surface area (Å²) in [6.45, 7) is 4.13. The minimum absolute atomic E-state index is 0.201. The molecule has 0 saturated heterocycles. The Morgan fingerprint density at radius 1 is 1.03 bits per heavy atom. The van der Waals surface area contributed by atoms with Gasteiger partial charge in [-0.25, -0.2) is 9.18 Å². The van der Waals surface area contributed by atoms with Crippen LogP contribution in [0.5, 0.6) is 11.5 Å². The van der Waals surface area contributed by atoms with E-state index in [0.717, 1.165) is 11.1 Å². The monoisotopic (exact) mass is 432 g/mol. The Labute approximate surface area is 186 Å². The molecule has 3 rings (SSSR count). The van der Waals surface area contributed by atoms with Gasteiger partial charge in [0.2, 0.25) is 0 Å². The van der Waals surface area contributed by atoms with E-state index >= 15 is 0 Å². The lowest BCUT2D eigenvalue weighted by Crippen LogP contribution is -2.06. The van der Waals surface area contributed by atoms with Gasteiger partial charge in [-0.3, -0.25) is 0 Å². The van der Waals surface area contributed by atoms with Crippen LogP contribution in [0.25, 0.3) is 12.2 Å². The third kappa shape index (κ3) is 5.85. The highest BCUT2D eigenvalue weighted by Crippen LogP contribution is 2.37. The lowest BCUT2D eigenvalue weighted by molar-refractivity contribution is 0.0693. The molecule has 4 nitrogen and oxygen atoms in total. The van der Waals surface area contributed by atoms with E-state index in [1.165, 1.54) is 12.1 Å². The quantitative estimate of drug-likeness (QED) is 0.315. The number of hydrogen-bond donors (Lipinski definition) is 2. The molecule has 0 bridgehead atoms. The molecule has 0 aliphatic carbocycles. The topological polar surface area (TPSA) is 66.8 Å². The Morgan fingerprint density at radius 2 is 1.72 bits per heavy atom. The van der Waals surface area contributed by atoms with Crippen LogP contribution in [0.1, 0.15) is 46.5 Å². The Hall–Kier alpha value is -3.86. The largest absolute Gasteiger partial charge is 0.507 e. The van der Waals surface area contributed by atoms with Crippen LogP contribution in [0.3, 0.4) is 0 Å². The molecule has 0 unspecified atom stereocenters. The smallest absolute Gasteiger partial charge is 0.340 e. The van der Waals surface area contributed by atoms with Crippen LogP contribution in [0.2, 0.25) is 0 Å². The van der Waals surface area contributed by atoms with Gasteiger partial charge in [0.05, 0.1) is 0 Å². The Bertz CT molecular complexity index is 1140. The molecule has 0 heterocycles. The van der Waals surface area contributed by atoms with Crippen molar-refractivity contribution in [2.75, 3.05) is 0 Å². The fraction of sp³-hybridized carbons (Fsp3) is 0.148. The van der Waals surface area contributed by atoms with E-state index in [2.05, 4.69) is 0 Å². The van der Waals surface area contributed by atoms with Crippen LogP contribution >= 0.6 is 0 Å². The number of phenols is 1. The molecule has 164 valence electrons. The summed E-state index contributed by atoms with van der Waals surface area (Å²) in [5.41, 5.74) is 3.19. The Morgan fingerprint density at radius 3 is 2.34 bits per heavy atom. The number of aromatic carboxylic acids is 1. The number of carboxylic acid groups (broad SMARTS) is 1. The van der Waals surface area contributed by atoms with Crippen LogP contribution in [0.15, 0.2) is 72.3 Å². The number of aromatic hydroxyl groups is 1. The second-order valence-corrected chi connectivity index (χ2v) is 7.62. The normalized spacial score (nSPS) is 10.8. The molecule has 0 radical (unpaired) electrons. The van der Waals surface area contributed by atoms with E-state index in [9.17, 15) is 19.4 Å². The highest BCUT2D eigenvalue weighted by atomic mass is 19.1. The van der Waals surface area contributed by atoms with Gasteiger partial charge in [-0.2, -0.15) is 0 Å². The van der Waals surface area contributed by atoms with Crippen LogP contribution < -0.4 is 4.74 Å². The molecular weight excluding hydrogens is 407 g/mol. The summed E-state index contributed by atoms with van der Waals surface area (Å²) in [7, 11) is 0. The predicted molar refractivity (Wildman–Crippen MR) is 124 cm³/mol. The van der Waals surface area contributed by atoms with Gasteiger partial charge in [-0.15, -0.1) is 0 Å². The molecule has 0 amide bonds. The van der Waals surface area contributed by atoms with Crippen molar-refractivity contribution in [1.82, 2.24) is 0 Å². The summed E-state index contributed by atoms with van der Waals surface area (Å²) in [6, 6.07) is 17.0. The number of benzene rings is 3. The van der Waals surface area contributed by atoms with Crippen molar-refractivity contribution in [2.24, 2.45) is 0 Å². The molecule has 3 aromatic rings. The first-order valence-corrected chi connectivity index (χ1v) is 10.2. The minimum atomic E-state index is -1.24. The van der Waals surface area contributed by atoms with Crippen molar-refractivity contribution in [3.05, 3.63) is 106 Å². The van der Waals surface area contributed by atoms with Crippen LogP contribution in [-0.4, -0.2) is 16.2 Å². The molecule has 0 aliphatic rings. The van der Waals surface area contributed by atoms with E-state index in [-0.39, 0.29) is 23.7 Å². The predicted octanol–water partition coefficient (Wildman–Crippen LogP) is 6.49. The number of hydrogen-bond acceptors (Lipinski definition) is 3. The molecular formula is C27H25FO4. The van der Waals surface area contributed by atoms with Crippen LogP contribution in [0, 0.1) is 5.82 Å². The summed E-state index contributed by atoms with van der Waals surface area (Å²) < 4.78 is 19.2. The second kappa shape index (κ2) is 10.4. The molecule has 0 saturated carbocycles. The van der Waals surface area contributed by atoms with Gasteiger partial charge in [0.1, 0.15) is 29.5 Å². The van der Waals surface area contributed by atoms with Gasteiger partial charge in [-0.1, -0.05) is 66.3 Å². The molecule has 0 spiro atoms. The third-order valence-corrected chi connectivity index (χ3v) is 4.89. The summed E-state index contributed by atoms with van der Waals surface area (Å²) in [5, 5.41) is 20.7. The summed E-state index contributed by atoms with van der Waals surface area (Å²) in [5.74, 6) is -1.51. The van der Waals surface area contributed by atoms with Crippen molar-refractivity contribution in [3.8, 4) is 11.5 Å². The molecule has 5 heteroatoms. The van der Waals surface area contributed by atoms with Crippen molar-refractivity contribution >= 4 is 18.1 Å². The number of carbonyl (C=O) groups is 1. The molecule has 0 aliphatic heterocycles. The fourth-order valence-corrected chi connectivity index (χ4v) is 3.19. The average Bonchev–Trinajstić information content (AvgIpc) is 2.76. The number of carboxylic acids is 1. The van der Waals surface area contributed by atoms with Crippen molar-refractivity contribution in [3.63, 3.8) is 0 Å². The first-order chi connectivity index (χ1) is 15.3. The van der Waals surface area contributed by atoms with Crippen molar-refractivity contribution in [2.45, 2.75) is 26.9 Å². The maximum atomic E-state index is 13.2. The van der Waals surface area contributed by atoms with Gasteiger partial charge in [0.15, 0.2) is 0 Å². The molecule has 0 atom stereocenters. The van der Waals surface area contributed by atoms with Gasteiger partial charge in [0.25, 0.3) is 0 Å². The van der Waals surface area contributed by atoms with E-state index < -0.39 is 5.97 Å². The summed E-state index contributed by atoms with van der Waals surface area (Å²) in [6.07, 6.45) is 5.48. The Balaban J connectivity index is 2.06. The molecule has 32 heavy (non-hydrogen) atoms. The van der Waals surface area contributed by atoms with Crippen molar-refractivity contribution < 1.29 is 24.1 Å². The number of ether oxygens (including phenoxy) is 1. The highest BCUT2D eigenvalue weighted by molar-refractivity contribution is 5.97. The van der Waals surface area contributed by atoms with Gasteiger partial charge in [0, 0.05) is 5.56 Å². The average molecular weight is 432 g/mol. The molecule has 2 N–H and O–H groups in total. The van der Waals surface area contributed by atoms with Crippen molar-refractivity contribution in [1.29, 1.82) is 0 Å². The molecule has 0 fully saturated rings. The number of halogens is 1. The van der Waals surface area contributed by atoms with Gasteiger partial charge in [-0.05, 0) is 55.2 Å². The second-order valence-electron chi connectivity index (χ2n) is 7.62. The molecule has 3 aromatic carbocycles. The zero-order valence-corrected chi connectivity index (χ0v) is 18.0. The lowest BCUT2D eigenvalue weighted by atomic mass is 9.97. The Kier molecular flexibility index (Phi) is 7.45. The fourth-order valence-electron chi connectivity index (χ4n) is 3.19. The molecule has 0 aromatic heterocycles. The van der Waals surface area contributed by atoms with Gasteiger partial charge >= 0.3 is 5.97 Å². The van der Waals surface area contributed by atoms with Crippen LogP contribution in [-0.2, 0) is 13.0 Å². The van der Waals surface area contributed by atoms with E-state index in [4.69, 9.17) is 4.74 Å². The van der Waals surface area contributed by atoms with E-state index in [1.54, 1.807) is 30.4 Å². The summed E-state index contributed by atoms with van der Waals surface area (Å²) >= 11 is 0. The highest BCUT2D eigenvalue weighted by Gasteiger charge is 2.22. The van der Waals surface area contributed by atoms with E-state index in [1.807, 2.05) is 50.3 Å². The van der Waals surface area contributed by atoms with E-state index in [0.29, 0.717) is 28.9 Å². The minimum Gasteiger partial charge on any atom is -0.507 e. The lowest BCUT2D eigenvalue weighted by Gasteiger charge is -2.16. The zero-order valence-electron chi connectivity index (χ0n) is 18.0. The third-order valence-electron chi connectivity index (χ3n) is 4.89. The summed E-state index contributed by atoms with van der Waals surface area (Å²) in [4.78, 5) is 12.0. The first-order valence-electron chi connectivity index (χ1n) is 10.2. The maximum Gasteiger partial charge on any atom is 0.340 e. The standard InChI is InChI=1S/C27H25FO4/c1-18(2)8-15-23-24(32-17-20-6-4-3-5-7-20)16-21(25(26(23)29)27(30)31)12-9-19-10-13-22(28)14-11-19/h3-14,16,29H,15,17H2,1-2H3,(H,30,31)/b12-9+. The number of rotatable bonds is 8. The van der Waals surface area contributed by atoms with Gasteiger partial charge < -0.3 is 14.9 Å². The SMILES string of the molecule is CC(C)=CCc1c(OCc2ccccc2)cc(/C=C/c2ccc(F)cc2)c(C(=O)O)c1O. The maximum absolute atomic E-state index is 13.2.